The van der Waals surface area contributed by atoms with Crippen molar-refractivity contribution < 1.29 is 28.2 Å². The Labute approximate surface area is 268 Å². The number of amidine groups is 1. The highest BCUT2D eigenvalue weighted by Gasteiger charge is 2.34. The third-order valence-corrected chi connectivity index (χ3v) is 8.01. The van der Waals surface area contributed by atoms with Crippen LogP contribution in [0.5, 0.6) is 23.0 Å². The summed E-state index contributed by atoms with van der Waals surface area (Å²) in [7, 11) is 4.68. The third kappa shape index (κ3) is 7.39. The zero-order chi connectivity index (χ0) is 31.1. The maximum absolute atomic E-state index is 13.4. The number of carbonyl (C=O) groups is 1. The molecule has 0 aliphatic carbocycles. The number of nitrogens with zero attached hydrogens (tertiary/aromatic N) is 3. The molecule has 0 spiro atoms. The molecule has 0 atom stereocenters. The van der Waals surface area contributed by atoms with Gasteiger partial charge in [0.2, 0.25) is 0 Å². The number of methoxy groups -OCH3 is 3. The molecule has 12 heteroatoms. The first kappa shape index (κ1) is 31.1. The van der Waals surface area contributed by atoms with Crippen molar-refractivity contribution in [3.8, 4) is 23.0 Å². The Morgan fingerprint density at radius 2 is 1.61 bits per heavy atom. The summed E-state index contributed by atoms with van der Waals surface area (Å²) < 4.78 is 27.7. The first-order chi connectivity index (χ1) is 21.4. The number of ether oxygens (including phenoxy) is 4. The second-order valence-corrected chi connectivity index (χ2v) is 11.1. The molecule has 1 amide bonds. The van der Waals surface area contributed by atoms with E-state index in [2.05, 4.69) is 10.2 Å². The smallest absolute Gasteiger partial charge is 0.267 e. The average Bonchev–Trinajstić information content (AvgIpc) is 3.65. The van der Waals surface area contributed by atoms with E-state index in [9.17, 15) is 4.79 Å². The summed E-state index contributed by atoms with van der Waals surface area (Å²) in [6, 6.07) is 19.6. The highest BCUT2D eigenvalue weighted by atomic mass is 35.5. The van der Waals surface area contributed by atoms with Crippen LogP contribution in [0.4, 0.5) is 0 Å². The van der Waals surface area contributed by atoms with Gasteiger partial charge in [-0.25, -0.2) is 0 Å². The van der Waals surface area contributed by atoms with Gasteiger partial charge < -0.3 is 23.4 Å². The molecule has 9 nitrogen and oxygen atoms in total. The van der Waals surface area contributed by atoms with Crippen molar-refractivity contribution in [2.45, 2.75) is 13.2 Å². The largest absolute Gasteiger partial charge is 0.493 e. The molecule has 1 fully saturated rings. The lowest BCUT2D eigenvalue weighted by molar-refractivity contribution is -0.122. The maximum atomic E-state index is 13.4. The van der Waals surface area contributed by atoms with E-state index >= 15 is 0 Å². The van der Waals surface area contributed by atoms with Crippen LogP contribution in [0, 0.1) is 0 Å². The SMILES string of the molecule is COc1ccc(/C=C2\S/C(=N/N=C\c3ccc(OCc4ccc(Cl)cc4Cl)c(OC)c3)N(Cc3ccco3)C2=O)cc1OC. The molecule has 2 heterocycles. The lowest BCUT2D eigenvalue weighted by atomic mass is 10.2. The number of benzene rings is 3. The van der Waals surface area contributed by atoms with Gasteiger partial charge in [-0.3, -0.25) is 9.69 Å². The molecule has 0 radical (unpaired) electrons. The highest BCUT2D eigenvalue weighted by molar-refractivity contribution is 8.18. The van der Waals surface area contributed by atoms with Crippen LogP contribution in [-0.2, 0) is 17.9 Å². The molecule has 5 rings (SSSR count). The number of hydrogen-bond acceptors (Lipinski definition) is 9. The lowest BCUT2D eigenvalue weighted by Crippen LogP contribution is -2.28. The molecular formula is C32H27Cl2N3O6S. The number of hydrogen-bond donors (Lipinski definition) is 0. The average molecular weight is 653 g/mol. The Morgan fingerprint density at radius 1 is 0.886 bits per heavy atom. The van der Waals surface area contributed by atoms with Gasteiger partial charge >= 0.3 is 0 Å². The van der Waals surface area contributed by atoms with Gasteiger partial charge in [0.25, 0.3) is 5.91 Å². The fraction of sp³-hybridized carbons (Fsp3) is 0.156. The predicted molar refractivity (Wildman–Crippen MR) is 173 cm³/mol. The summed E-state index contributed by atoms with van der Waals surface area (Å²) in [4.78, 5) is 15.4. The molecule has 1 aliphatic heterocycles. The Hall–Kier alpha value is -4.38. The molecule has 0 bridgehead atoms. The number of amides is 1. The highest BCUT2D eigenvalue weighted by Crippen LogP contribution is 2.36. The summed E-state index contributed by atoms with van der Waals surface area (Å²) in [6.45, 7) is 0.442. The molecule has 44 heavy (non-hydrogen) atoms. The first-order valence-corrected chi connectivity index (χ1v) is 14.8. The summed E-state index contributed by atoms with van der Waals surface area (Å²) in [5.41, 5.74) is 2.28. The van der Waals surface area contributed by atoms with E-state index in [1.807, 2.05) is 18.2 Å². The monoisotopic (exact) mass is 651 g/mol. The molecule has 1 aromatic heterocycles. The zero-order valence-electron chi connectivity index (χ0n) is 24.0. The van der Waals surface area contributed by atoms with Gasteiger partial charge in [0, 0.05) is 15.6 Å². The maximum Gasteiger partial charge on any atom is 0.267 e. The van der Waals surface area contributed by atoms with Gasteiger partial charge in [0.1, 0.15) is 12.4 Å². The molecule has 4 aromatic rings. The van der Waals surface area contributed by atoms with Crippen molar-refractivity contribution in [2.75, 3.05) is 21.3 Å². The fourth-order valence-corrected chi connectivity index (χ4v) is 5.60. The predicted octanol–water partition coefficient (Wildman–Crippen LogP) is 7.70. The van der Waals surface area contributed by atoms with Gasteiger partial charge in [-0.2, -0.15) is 5.10 Å². The van der Waals surface area contributed by atoms with E-state index in [0.717, 1.165) is 16.7 Å². The standard InChI is InChI=1S/C32H27Cl2N3O6S/c1-39-26-10-6-20(13-28(26)40-2)15-30-31(38)37(18-24-5-4-12-42-24)32(44-30)36-35-17-21-7-11-27(29(14-21)41-3)43-19-22-8-9-23(33)16-25(22)34/h4-17H,18-19H2,1-3H3/b30-15-,35-17-,36-32+. The van der Waals surface area contributed by atoms with Crippen molar-refractivity contribution in [3.63, 3.8) is 0 Å². The van der Waals surface area contributed by atoms with Crippen LogP contribution in [0.3, 0.4) is 0 Å². The molecule has 1 saturated heterocycles. The van der Waals surface area contributed by atoms with E-state index in [4.69, 9.17) is 46.6 Å². The van der Waals surface area contributed by atoms with Gasteiger partial charge in [-0.15, -0.1) is 5.10 Å². The zero-order valence-corrected chi connectivity index (χ0v) is 26.3. The summed E-state index contributed by atoms with van der Waals surface area (Å²) >= 11 is 13.5. The normalized spacial score (nSPS) is 15.0. The van der Waals surface area contributed by atoms with Crippen LogP contribution in [0.25, 0.3) is 6.08 Å². The third-order valence-electron chi connectivity index (χ3n) is 6.42. The number of halogens is 2. The van der Waals surface area contributed by atoms with Crippen LogP contribution < -0.4 is 18.9 Å². The number of furan rings is 1. The van der Waals surface area contributed by atoms with Crippen LogP contribution in [0.2, 0.25) is 10.0 Å². The summed E-state index contributed by atoms with van der Waals surface area (Å²) in [6.07, 6.45) is 4.90. The molecule has 1 aliphatic rings. The van der Waals surface area contributed by atoms with Crippen molar-refractivity contribution in [1.29, 1.82) is 0 Å². The minimum atomic E-state index is -0.223. The van der Waals surface area contributed by atoms with Crippen molar-refractivity contribution in [2.24, 2.45) is 10.2 Å². The molecule has 226 valence electrons. The van der Waals surface area contributed by atoms with E-state index in [1.54, 1.807) is 88.4 Å². The lowest BCUT2D eigenvalue weighted by Gasteiger charge is -2.13. The molecule has 3 aromatic carbocycles. The van der Waals surface area contributed by atoms with Gasteiger partial charge in [0.05, 0.1) is 45.3 Å². The Bertz CT molecular complexity index is 1740. The summed E-state index contributed by atoms with van der Waals surface area (Å²) in [5, 5.41) is 10.1. The number of thioether (sulfide) groups is 1. The Morgan fingerprint density at radius 3 is 2.34 bits per heavy atom. The Balaban J connectivity index is 1.35. The van der Waals surface area contributed by atoms with Crippen LogP contribution in [0.15, 0.2) is 92.5 Å². The molecule has 0 saturated carbocycles. The summed E-state index contributed by atoms with van der Waals surface area (Å²) in [5.74, 6) is 2.59. The van der Waals surface area contributed by atoms with E-state index in [-0.39, 0.29) is 19.1 Å². The van der Waals surface area contributed by atoms with Gasteiger partial charge in [-0.1, -0.05) is 35.3 Å². The van der Waals surface area contributed by atoms with E-state index in [1.165, 1.54) is 16.7 Å². The van der Waals surface area contributed by atoms with Crippen LogP contribution >= 0.6 is 35.0 Å². The van der Waals surface area contributed by atoms with Gasteiger partial charge in [-0.05, 0) is 83.6 Å². The number of carbonyl (C=O) groups excluding carboxylic acids is 1. The quantitative estimate of drug-likeness (QED) is 0.0931. The molecule has 0 unspecified atom stereocenters. The molecule has 0 N–H and O–H groups in total. The minimum Gasteiger partial charge on any atom is -0.493 e. The fourth-order valence-electron chi connectivity index (χ4n) is 4.20. The van der Waals surface area contributed by atoms with Crippen molar-refractivity contribution in [3.05, 3.63) is 110 Å². The topological polar surface area (TPSA) is 95.1 Å². The van der Waals surface area contributed by atoms with Crippen LogP contribution in [0.1, 0.15) is 22.5 Å². The van der Waals surface area contributed by atoms with E-state index < -0.39 is 0 Å². The second-order valence-electron chi connectivity index (χ2n) is 9.26. The van der Waals surface area contributed by atoms with Crippen LogP contribution in [-0.4, -0.2) is 43.5 Å². The van der Waals surface area contributed by atoms with E-state index in [0.29, 0.717) is 48.9 Å². The second kappa shape index (κ2) is 14.4. The molecular weight excluding hydrogens is 625 g/mol. The van der Waals surface area contributed by atoms with Gasteiger partial charge in [0.15, 0.2) is 28.2 Å². The van der Waals surface area contributed by atoms with Crippen molar-refractivity contribution >= 4 is 58.3 Å². The minimum absolute atomic E-state index is 0.202. The van der Waals surface area contributed by atoms with Crippen molar-refractivity contribution in [1.82, 2.24) is 4.90 Å². The Kier molecular flexibility index (Phi) is 10.2. The number of rotatable bonds is 11. The first-order valence-electron chi connectivity index (χ1n) is 13.2.